The maximum atomic E-state index is 13.2. The van der Waals surface area contributed by atoms with E-state index in [0.29, 0.717) is 31.2 Å². The van der Waals surface area contributed by atoms with Gasteiger partial charge in [0.2, 0.25) is 0 Å². The molecule has 0 saturated carbocycles. The molecule has 0 spiro atoms. The maximum Gasteiger partial charge on any atom is 0.483 e. The van der Waals surface area contributed by atoms with Crippen molar-refractivity contribution < 1.29 is 54.1 Å². The number of benzene rings is 1. The van der Waals surface area contributed by atoms with Gasteiger partial charge < -0.3 is 9.84 Å². The molecular weight excluding hydrogens is 423 g/mol. The van der Waals surface area contributed by atoms with Crippen molar-refractivity contribution in [3.63, 3.8) is 0 Å². The third kappa shape index (κ3) is 7.57. The number of aryl methyl sites for hydroxylation is 1. The second kappa shape index (κ2) is 9.88. The summed E-state index contributed by atoms with van der Waals surface area (Å²) in [5.41, 5.74) is 0.668. The van der Waals surface area contributed by atoms with Gasteiger partial charge in [0.1, 0.15) is 12.4 Å². The van der Waals surface area contributed by atoms with Gasteiger partial charge in [-0.1, -0.05) is 18.9 Å². The Kier molecular flexibility index (Phi) is 8.63. The van der Waals surface area contributed by atoms with Gasteiger partial charge in [-0.05, 0) is 43.0 Å². The van der Waals surface area contributed by atoms with Gasteiger partial charge in [0, 0.05) is 6.61 Å². The van der Waals surface area contributed by atoms with E-state index in [-0.39, 0.29) is 12.2 Å². The van der Waals surface area contributed by atoms with Gasteiger partial charge in [-0.15, -0.1) is 0 Å². The molecule has 0 atom stereocenters. The molecule has 0 amide bonds. The van der Waals surface area contributed by atoms with Gasteiger partial charge in [-0.2, -0.15) is 39.5 Å². The average molecular weight is 441 g/mol. The highest BCUT2D eigenvalue weighted by molar-refractivity contribution is 5.31. The van der Waals surface area contributed by atoms with E-state index >= 15 is 0 Å². The number of ether oxygens (including phenoxy) is 2. The van der Waals surface area contributed by atoms with Crippen LogP contribution in [0.15, 0.2) is 18.2 Å². The van der Waals surface area contributed by atoms with Gasteiger partial charge in [-0.3, -0.25) is 0 Å². The molecule has 3 nitrogen and oxygen atoms in total. The predicted molar refractivity (Wildman–Crippen MR) is 81.9 cm³/mol. The first-order valence-corrected chi connectivity index (χ1v) is 8.36. The summed E-state index contributed by atoms with van der Waals surface area (Å²) in [6.07, 6.45) is -16.8. The van der Waals surface area contributed by atoms with Crippen LogP contribution in [0.4, 0.5) is 39.5 Å². The number of alkyl halides is 9. The number of halogens is 9. The zero-order chi connectivity index (χ0) is 22.3. The van der Waals surface area contributed by atoms with Gasteiger partial charge in [0.25, 0.3) is 0 Å². The standard InChI is InChI=1S/C17H18F9O3/c18-14(19,16(23,24)29-17(25,26)15(20,21)22)11-28-10-6-2-1-3-7-12-8-4-5-9-13(12)27/h5,8-9,27H,1-3,6-7,10-11H2. The summed E-state index contributed by atoms with van der Waals surface area (Å²) in [7, 11) is 0. The van der Waals surface area contributed by atoms with Crippen LogP contribution >= 0.6 is 0 Å². The molecule has 0 unspecified atom stereocenters. The van der Waals surface area contributed by atoms with Gasteiger partial charge in [0.05, 0.1) is 0 Å². The lowest BCUT2D eigenvalue weighted by Gasteiger charge is -2.30. The fraction of sp³-hybridized carbons (Fsp3) is 0.647. The Labute approximate surface area is 160 Å². The minimum atomic E-state index is -6.58. The molecule has 167 valence electrons. The van der Waals surface area contributed by atoms with Crippen molar-refractivity contribution in [3.8, 4) is 5.75 Å². The molecule has 1 aromatic carbocycles. The van der Waals surface area contributed by atoms with E-state index in [1.165, 1.54) is 12.1 Å². The lowest BCUT2D eigenvalue weighted by atomic mass is 10.1. The Morgan fingerprint density at radius 2 is 1.48 bits per heavy atom. The van der Waals surface area contributed by atoms with Crippen molar-refractivity contribution in [2.45, 2.75) is 56.4 Å². The Balaban J connectivity index is 2.30. The zero-order valence-corrected chi connectivity index (χ0v) is 14.8. The van der Waals surface area contributed by atoms with Crippen LogP contribution in [0.2, 0.25) is 0 Å². The monoisotopic (exact) mass is 441 g/mol. The molecule has 0 aliphatic rings. The summed E-state index contributed by atoms with van der Waals surface area (Å²) in [6.45, 7) is -2.53. The van der Waals surface area contributed by atoms with Crippen LogP contribution < -0.4 is 0 Å². The van der Waals surface area contributed by atoms with Crippen molar-refractivity contribution >= 4 is 0 Å². The lowest BCUT2D eigenvalue weighted by molar-refractivity contribution is -0.487. The highest BCUT2D eigenvalue weighted by Gasteiger charge is 2.70. The maximum absolute atomic E-state index is 13.2. The van der Waals surface area contributed by atoms with E-state index in [0.717, 1.165) is 0 Å². The molecule has 1 rings (SSSR count). The van der Waals surface area contributed by atoms with Crippen molar-refractivity contribution in [1.29, 1.82) is 0 Å². The number of phenolic OH excluding ortho intramolecular Hbond substituents is 1. The molecule has 0 aliphatic carbocycles. The number of unbranched alkanes of at least 4 members (excludes halogenated alkanes) is 3. The normalized spacial score (nSPS) is 13.7. The first-order valence-electron chi connectivity index (χ1n) is 8.36. The molecule has 0 aliphatic heterocycles. The minimum absolute atomic E-state index is 0.105. The van der Waals surface area contributed by atoms with Gasteiger partial charge >= 0.3 is 24.3 Å². The van der Waals surface area contributed by atoms with E-state index < -0.39 is 37.5 Å². The van der Waals surface area contributed by atoms with Gasteiger partial charge in [-0.25, -0.2) is 4.74 Å². The molecule has 1 radical (unpaired) electrons. The van der Waals surface area contributed by atoms with Crippen LogP contribution in [0.5, 0.6) is 5.75 Å². The Morgan fingerprint density at radius 3 is 2.07 bits per heavy atom. The largest absolute Gasteiger partial charge is 0.508 e. The zero-order valence-electron chi connectivity index (χ0n) is 14.8. The molecule has 1 N–H and O–H groups in total. The van der Waals surface area contributed by atoms with Crippen molar-refractivity contribution in [1.82, 2.24) is 0 Å². The molecule has 29 heavy (non-hydrogen) atoms. The van der Waals surface area contributed by atoms with Crippen molar-refractivity contribution in [2.75, 3.05) is 13.2 Å². The molecule has 0 fully saturated rings. The minimum Gasteiger partial charge on any atom is -0.508 e. The number of aromatic hydroxyl groups is 1. The smallest absolute Gasteiger partial charge is 0.483 e. The molecule has 1 aromatic rings. The van der Waals surface area contributed by atoms with E-state index in [9.17, 15) is 44.6 Å². The van der Waals surface area contributed by atoms with Crippen LogP contribution in [-0.2, 0) is 15.9 Å². The molecule has 0 bridgehead atoms. The van der Waals surface area contributed by atoms with Crippen molar-refractivity contribution in [2.24, 2.45) is 0 Å². The lowest BCUT2D eigenvalue weighted by Crippen LogP contribution is -2.53. The van der Waals surface area contributed by atoms with Crippen molar-refractivity contribution in [3.05, 3.63) is 29.8 Å². The Hall–Kier alpha value is -1.69. The van der Waals surface area contributed by atoms with Gasteiger partial charge in [0.15, 0.2) is 0 Å². The summed E-state index contributed by atoms with van der Waals surface area (Å²) < 4.78 is 119. The highest BCUT2D eigenvalue weighted by Crippen LogP contribution is 2.45. The number of phenols is 1. The molecule has 0 heterocycles. The number of rotatable bonds is 12. The number of hydrogen-bond acceptors (Lipinski definition) is 3. The second-order valence-corrected chi connectivity index (χ2v) is 6.11. The third-order valence-corrected chi connectivity index (χ3v) is 3.70. The Bertz CT molecular complexity index is 633. The van der Waals surface area contributed by atoms with E-state index in [1.807, 2.05) is 0 Å². The third-order valence-electron chi connectivity index (χ3n) is 3.70. The summed E-state index contributed by atoms with van der Waals surface area (Å²) in [5.74, 6) is -5.29. The number of hydrogen-bond donors (Lipinski definition) is 1. The predicted octanol–water partition coefficient (Wildman–Crippen LogP) is 5.71. The van der Waals surface area contributed by atoms with E-state index in [2.05, 4.69) is 15.5 Å². The van der Waals surface area contributed by atoms with Crippen LogP contribution in [-0.4, -0.2) is 42.6 Å². The molecule has 12 heteroatoms. The Morgan fingerprint density at radius 1 is 0.862 bits per heavy atom. The fourth-order valence-corrected chi connectivity index (χ4v) is 2.11. The van der Waals surface area contributed by atoms with Crippen LogP contribution in [0, 0.1) is 6.07 Å². The molecular formula is C17H18F9O3. The molecule has 0 saturated heterocycles. The first-order chi connectivity index (χ1) is 13.2. The highest BCUT2D eigenvalue weighted by atomic mass is 19.4. The van der Waals surface area contributed by atoms with E-state index in [4.69, 9.17) is 0 Å². The fourth-order valence-electron chi connectivity index (χ4n) is 2.11. The first kappa shape index (κ1) is 25.3. The quantitative estimate of drug-likeness (QED) is 0.334. The van der Waals surface area contributed by atoms with Crippen LogP contribution in [0.25, 0.3) is 0 Å². The SMILES string of the molecule is Oc1cc[c]cc1CCCCCCOCC(F)(F)C(F)(F)OC(F)(F)C(F)(F)F. The topological polar surface area (TPSA) is 38.7 Å². The van der Waals surface area contributed by atoms with Crippen LogP contribution in [0.1, 0.15) is 31.2 Å². The summed E-state index contributed by atoms with van der Waals surface area (Å²) in [5, 5.41) is 9.55. The summed E-state index contributed by atoms with van der Waals surface area (Å²) in [4.78, 5) is 0. The molecule has 0 aromatic heterocycles. The second-order valence-electron chi connectivity index (χ2n) is 6.11. The average Bonchev–Trinajstić information content (AvgIpc) is 2.56. The summed E-state index contributed by atoms with van der Waals surface area (Å²) >= 11 is 0. The van der Waals surface area contributed by atoms with E-state index in [1.54, 1.807) is 6.07 Å². The van der Waals surface area contributed by atoms with Crippen LogP contribution in [0.3, 0.4) is 0 Å². The summed E-state index contributed by atoms with van der Waals surface area (Å²) in [6, 6.07) is 7.39.